The molecule has 0 atom stereocenters. The number of anilines is 1. The maximum atomic E-state index is 8.82. The molecule has 0 unspecified atom stereocenters. The molecule has 18 heavy (non-hydrogen) atoms. The number of rotatable bonds is 5. The summed E-state index contributed by atoms with van der Waals surface area (Å²) in [5.41, 5.74) is 6.15. The lowest BCUT2D eigenvalue weighted by atomic mass is 10.3. The zero-order valence-electron chi connectivity index (χ0n) is 10.2. The van der Waals surface area contributed by atoms with Gasteiger partial charge in [0.1, 0.15) is 0 Å². The third-order valence-electron chi connectivity index (χ3n) is 3.44. The molecule has 0 radical (unpaired) electrons. The Bertz CT molecular complexity index is 467. The van der Waals surface area contributed by atoms with Gasteiger partial charge in [-0.25, -0.2) is 9.97 Å². The Morgan fingerprint density at radius 1 is 1.33 bits per heavy atom. The number of hydrogen-bond donors (Lipinski definition) is 2. The molecule has 1 heterocycles. The summed E-state index contributed by atoms with van der Waals surface area (Å²) in [5, 5.41) is 11.9. The van der Waals surface area contributed by atoms with Gasteiger partial charge in [-0.05, 0) is 31.6 Å². The molecule has 0 saturated heterocycles. The average molecular weight is 247 g/mol. The molecular weight excluding hydrogens is 230 g/mol. The van der Waals surface area contributed by atoms with Crippen molar-refractivity contribution >= 4 is 11.7 Å². The van der Waals surface area contributed by atoms with Crippen LogP contribution < -0.4 is 10.6 Å². The van der Waals surface area contributed by atoms with E-state index in [9.17, 15) is 0 Å². The monoisotopic (exact) mass is 247 g/mol. The van der Waals surface area contributed by atoms with Crippen molar-refractivity contribution in [1.82, 2.24) is 9.97 Å². The smallest absolute Gasteiger partial charge is 0.192 e. The van der Waals surface area contributed by atoms with E-state index in [-0.39, 0.29) is 5.84 Å². The largest absolute Gasteiger partial charge is 0.409 e. The van der Waals surface area contributed by atoms with Crippen LogP contribution in [0.25, 0.3) is 0 Å². The molecular formula is C12H17N5O. The predicted molar refractivity (Wildman–Crippen MR) is 67.6 cm³/mol. The molecule has 1 aromatic heterocycles. The van der Waals surface area contributed by atoms with Gasteiger partial charge >= 0.3 is 0 Å². The van der Waals surface area contributed by atoms with Crippen LogP contribution in [0.15, 0.2) is 17.5 Å². The van der Waals surface area contributed by atoms with Gasteiger partial charge in [0.2, 0.25) is 0 Å². The minimum atomic E-state index is 0.0274. The predicted octanol–water partition coefficient (Wildman–Crippen LogP) is 0.950. The number of oxime groups is 1. The number of amidine groups is 1. The first-order chi connectivity index (χ1) is 8.79. The first-order valence-electron chi connectivity index (χ1n) is 6.35. The van der Waals surface area contributed by atoms with E-state index in [1.54, 1.807) is 12.4 Å². The lowest BCUT2D eigenvalue weighted by molar-refractivity contribution is 0.318. The summed E-state index contributed by atoms with van der Waals surface area (Å²) in [6, 6.07) is 0.549. The first-order valence-corrected chi connectivity index (χ1v) is 6.35. The Morgan fingerprint density at radius 2 is 2.06 bits per heavy atom. The van der Waals surface area contributed by atoms with Crippen LogP contribution in [-0.2, 0) is 0 Å². The fourth-order valence-electron chi connectivity index (χ4n) is 2.14. The van der Waals surface area contributed by atoms with Crippen LogP contribution in [0, 0.1) is 5.92 Å². The Balaban J connectivity index is 1.92. The number of nitrogens with two attached hydrogens (primary N) is 1. The van der Waals surface area contributed by atoms with Gasteiger partial charge in [0.05, 0.1) is 0 Å². The Hall–Kier alpha value is -1.85. The minimum Gasteiger partial charge on any atom is -0.409 e. The summed E-state index contributed by atoms with van der Waals surface area (Å²) < 4.78 is 0. The molecule has 3 N–H and O–H groups in total. The molecule has 6 heteroatoms. The van der Waals surface area contributed by atoms with E-state index in [1.165, 1.54) is 25.7 Å². The number of nitrogens with zero attached hydrogens (tertiary/aromatic N) is 4. The molecule has 2 fully saturated rings. The van der Waals surface area contributed by atoms with Crippen LogP contribution in [0.3, 0.4) is 0 Å². The molecule has 3 rings (SSSR count). The van der Waals surface area contributed by atoms with Crippen LogP contribution in [0.4, 0.5) is 5.82 Å². The number of hydrogen-bond acceptors (Lipinski definition) is 5. The van der Waals surface area contributed by atoms with Crippen molar-refractivity contribution in [3.63, 3.8) is 0 Å². The van der Waals surface area contributed by atoms with Crippen molar-refractivity contribution in [2.75, 3.05) is 11.4 Å². The second kappa shape index (κ2) is 4.44. The minimum absolute atomic E-state index is 0.0274. The van der Waals surface area contributed by atoms with Crippen molar-refractivity contribution in [2.24, 2.45) is 16.8 Å². The highest BCUT2D eigenvalue weighted by Gasteiger charge is 2.36. The molecule has 2 aliphatic rings. The second-order valence-electron chi connectivity index (χ2n) is 5.04. The van der Waals surface area contributed by atoms with Gasteiger partial charge in [-0.3, -0.25) is 0 Å². The highest BCUT2D eigenvalue weighted by Crippen LogP contribution is 2.37. The van der Waals surface area contributed by atoms with Gasteiger partial charge in [0, 0.05) is 25.0 Å². The molecule has 0 bridgehead atoms. The second-order valence-corrected chi connectivity index (χ2v) is 5.04. The van der Waals surface area contributed by atoms with Crippen molar-refractivity contribution in [3.05, 3.63) is 18.1 Å². The van der Waals surface area contributed by atoms with Crippen LogP contribution >= 0.6 is 0 Å². The molecule has 2 aliphatic carbocycles. The van der Waals surface area contributed by atoms with E-state index in [1.807, 2.05) is 0 Å². The molecule has 0 aliphatic heterocycles. The third-order valence-corrected chi connectivity index (χ3v) is 3.44. The van der Waals surface area contributed by atoms with Crippen molar-refractivity contribution in [1.29, 1.82) is 0 Å². The fourth-order valence-corrected chi connectivity index (χ4v) is 2.14. The summed E-state index contributed by atoms with van der Waals surface area (Å²) in [7, 11) is 0. The Labute approximate surface area is 106 Å². The third kappa shape index (κ3) is 2.23. The van der Waals surface area contributed by atoms with E-state index < -0.39 is 0 Å². The van der Waals surface area contributed by atoms with E-state index in [0.29, 0.717) is 11.7 Å². The molecule has 0 aromatic carbocycles. The summed E-state index contributed by atoms with van der Waals surface area (Å²) in [6.07, 6.45) is 8.20. The van der Waals surface area contributed by atoms with Gasteiger partial charge in [0.15, 0.2) is 17.3 Å². The van der Waals surface area contributed by atoms with Crippen LogP contribution in [0.1, 0.15) is 31.4 Å². The Kier molecular flexibility index (Phi) is 2.77. The molecule has 0 spiro atoms. The van der Waals surface area contributed by atoms with E-state index >= 15 is 0 Å². The lowest BCUT2D eigenvalue weighted by Crippen LogP contribution is -2.32. The van der Waals surface area contributed by atoms with Gasteiger partial charge in [-0.1, -0.05) is 5.16 Å². The van der Waals surface area contributed by atoms with Gasteiger partial charge < -0.3 is 15.8 Å². The van der Waals surface area contributed by atoms with E-state index in [4.69, 9.17) is 10.9 Å². The first kappa shape index (κ1) is 11.3. The van der Waals surface area contributed by atoms with Gasteiger partial charge in [-0.15, -0.1) is 0 Å². The van der Waals surface area contributed by atoms with Crippen molar-refractivity contribution < 1.29 is 5.21 Å². The fraction of sp³-hybridized carbons (Fsp3) is 0.583. The average Bonchev–Trinajstić information content (AvgIpc) is 3.28. The Morgan fingerprint density at radius 3 is 2.67 bits per heavy atom. The molecule has 1 aromatic rings. The zero-order valence-corrected chi connectivity index (χ0v) is 10.2. The summed E-state index contributed by atoms with van der Waals surface area (Å²) in [4.78, 5) is 10.8. The van der Waals surface area contributed by atoms with Crippen LogP contribution in [-0.4, -0.2) is 33.6 Å². The molecule has 0 amide bonds. The van der Waals surface area contributed by atoms with Crippen LogP contribution in [0.5, 0.6) is 0 Å². The molecule has 2 saturated carbocycles. The van der Waals surface area contributed by atoms with Crippen molar-refractivity contribution in [2.45, 2.75) is 31.7 Å². The summed E-state index contributed by atoms with van der Waals surface area (Å²) in [6.45, 7) is 1.01. The molecule has 96 valence electrons. The van der Waals surface area contributed by atoms with Gasteiger partial charge in [0.25, 0.3) is 0 Å². The standard InChI is InChI=1S/C12H17N5O/c13-11(16-18)10-12(15-6-5-14-10)17(9-3-4-9)7-8-1-2-8/h5-6,8-9,18H,1-4,7H2,(H2,13,16). The maximum absolute atomic E-state index is 8.82. The maximum Gasteiger partial charge on any atom is 0.192 e. The number of aromatic nitrogens is 2. The lowest BCUT2D eigenvalue weighted by Gasteiger charge is -2.24. The summed E-state index contributed by atoms with van der Waals surface area (Å²) >= 11 is 0. The highest BCUT2D eigenvalue weighted by molar-refractivity contribution is 5.99. The quantitative estimate of drug-likeness (QED) is 0.350. The zero-order chi connectivity index (χ0) is 12.5. The normalized spacial score (nSPS) is 19.9. The highest BCUT2D eigenvalue weighted by atomic mass is 16.4. The van der Waals surface area contributed by atoms with Crippen molar-refractivity contribution in [3.8, 4) is 0 Å². The SMILES string of the molecule is NC(=NO)c1nccnc1N(CC1CC1)C1CC1. The topological polar surface area (TPSA) is 87.6 Å². The summed E-state index contributed by atoms with van der Waals surface area (Å²) in [5.74, 6) is 1.55. The molecule has 6 nitrogen and oxygen atoms in total. The van der Waals surface area contributed by atoms with Crippen LogP contribution in [0.2, 0.25) is 0 Å². The van der Waals surface area contributed by atoms with Gasteiger partial charge in [-0.2, -0.15) is 0 Å². The van der Waals surface area contributed by atoms with E-state index in [2.05, 4.69) is 20.0 Å². The van der Waals surface area contributed by atoms with E-state index in [0.717, 1.165) is 18.3 Å².